The molecule has 2 N–H and O–H groups in total. The first kappa shape index (κ1) is 26.7. The summed E-state index contributed by atoms with van der Waals surface area (Å²) in [5.41, 5.74) is -0.147. The highest BCUT2D eigenvalue weighted by atomic mass is 19.1. The number of fused-ring (bicyclic) bond motifs is 4. The van der Waals surface area contributed by atoms with Crippen LogP contribution in [0.3, 0.4) is 0 Å². The van der Waals surface area contributed by atoms with E-state index in [0.717, 1.165) is 12.8 Å². The Balaban J connectivity index is 1.62. The van der Waals surface area contributed by atoms with Crippen LogP contribution in [0.4, 0.5) is 14.6 Å². The van der Waals surface area contributed by atoms with Crippen molar-refractivity contribution in [3.8, 4) is 47.7 Å². The highest BCUT2D eigenvalue weighted by Gasteiger charge is 2.35. The van der Waals surface area contributed by atoms with E-state index in [-0.39, 0.29) is 63.9 Å². The first-order chi connectivity index (χ1) is 19.8. The van der Waals surface area contributed by atoms with Gasteiger partial charge in [-0.2, -0.15) is 9.97 Å². The van der Waals surface area contributed by atoms with Gasteiger partial charge in [0.2, 0.25) is 0 Å². The first-order valence-corrected chi connectivity index (χ1v) is 13.4. The van der Waals surface area contributed by atoms with E-state index in [1.165, 1.54) is 24.3 Å². The number of piperazine rings is 1. The molecule has 0 aliphatic carbocycles. The topological polar surface area (TPSA) is 86.6 Å². The van der Waals surface area contributed by atoms with Crippen molar-refractivity contribution in [3.05, 3.63) is 47.2 Å². The number of aromatic hydroxyl groups is 1. The maximum atomic E-state index is 16.7. The van der Waals surface area contributed by atoms with Crippen LogP contribution in [0.15, 0.2) is 24.3 Å². The fourth-order valence-corrected chi connectivity index (χ4v) is 5.75. The van der Waals surface area contributed by atoms with E-state index < -0.39 is 11.6 Å². The average molecular weight is 555 g/mol. The SMILES string of the molecule is C#Cc1c(F)ccc2cc(O)cc(-c3nc(C#C)c4c(N5CC6CCC(C5)N6)nc(OCCN(C)C)nc4c3F)c12. The Bertz CT molecular complexity index is 1770. The molecule has 0 saturated carbocycles. The highest BCUT2D eigenvalue weighted by Crippen LogP contribution is 2.40. The molecule has 8 nitrogen and oxygen atoms in total. The van der Waals surface area contributed by atoms with Crippen molar-refractivity contribution in [1.29, 1.82) is 0 Å². The van der Waals surface area contributed by atoms with Crippen molar-refractivity contribution >= 4 is 27.5 Å². The molecule has 2 bridgehead atoms. The number of rotatable bonds is 6. The van der Waals surface area contributed by atoms with Crippen LogP contribution >= 0.6 is 0 Å². The lowest BCUT2D eigenvalue weighted by Crippen LogP contribution is -2.51. The first-order valence-electron chi connectivity index (χ1n) is 13.4. The number of ether oxygens (including phenoxy) is 1. The molecule has 2 atom stereocenters. The molecule has 4 aromatic rings. The summed E-state index contributed by atoms with van der Waals surface area (Å²) >= 11 is 0. The number of nitrogens with one attached hydrogen (secondary N) is 1. The van der Waals surface area contributed by atoms with Gasteiger partial charge in [-0.05, 0) is 56.4 Å². The molecule has 2 aliphatic heterocycles. The smallest absolute Gasteiger partial charge is 0.319 e. The summed E-state index contributed by atoms with van der Waals surface area (Å²) in [6, 6.07) is 5.95. The molecule has 2 unspecified atom stereocenters. The molecule has 10 heteroatoms. The standard InChI is InChI=1S/C31H28F2N6O2/c1-5-21-23(32)10-7-17-13-20(40)14-22(25(17)21)28-27(33)29-26(24(6-2)35-28)30(37-31(36-29)41-12-11-38(3)4)39-15-18-8-9-19(16-39)34-18/h1-2,7,10,13-14,18-19,34,40H,8-9,11-12,15-16H2,3-4H3. The second kappa shape index (κ2) is 10.5. The Kier molecular flexibility index (Phi) is 6.82. The number of hydrogen-bond donors (Lipinski definition) is 2. The lowest BCUT2D eigenvalue weighted by molar-refractivity contribution is 0.246. The van der Waals surface area contributed by atoms with Gasteiger partial charge in [0.1, 0.15) is 40.9 Å². The normalized spacial score (nSPS) is 18.2. The van der Waals surface area contributed by atoms with Crippen molar-refractivity contribution in [2.75, 3.05) is 45.2 Å². The summed E-state index contributed by atoms with van der Waals surface area (Å²) in [5.74, 6) is 3.76. The molecule has 2 aromatic carbocycles. The number of benzene rings is 2. The summed E-state index contributed by atoms with van der Waals surface area (Å²) in [5, 5.41) is 15.0. The minimum atomic E-state index is -0.808. The Morgan fingerprint density at radius 3 is 2.51 bits per heavy atom. The van der Waals surface area contributed by atoms with Gasteiger partial charge in [0, 0.05) is 42.7 Å². The number of nitrogens with zero attached hydrogens (tertiary/aromatic N) is 5. The molecular formula is C31H28F2N6O2. The lowest BCUT2D eigenvalue weighted by atomic mass is 9.95. The van der Waals surface area contributed by atoms with Gasteiger partial charge < -0.3 is 25.0 Å². The fraction of sp³-hybridized carbons (Fsp3) is 0.323. The summed E-state index contributed by atoms with van der Waals surface area (Å²) in [6.07, 6.45) is 13.7. The van der Waals surface area contributed by atoms with Crippen LogP contribution in [0.2, 0.25) is 0 Å². The number of terminal acetylenes is 2. The monoisotopic (exact) mass is 554 g/mol. The van der Waals surface area contributed by atoms with Gasteiger partial charge in [-0.25, -0.2) is 13.8 Å². The predicted octanol–water partition coefficient (Wildman–Crippen LogP) is 3.67. The summed E-state index contributed by atoms with van der Waals surface area (Å²) < 4.78 is 37.3. The molecule has 2 fully saturated rings. The van der Waals surface area contributed by atoms with Gasteiger partial charge in [-0.15, -0.1) is 12.8 Å². The summed E-state index contributed by atoms with van der Waals surface area (Å²) in [6.45, 7) is 2.21. The minimum absolute atomic E-state index is 0.00961. The third kappa shape index (κ3) is 4.76. The summed E-state index contributed by atoms with van der Waals surface area (Å²) in [7, 11) is 3.83. The summed E-state index contributed by atoms with van der Waals surface area (Å²) in [4.78, 5) is 17.7. The van der Waals surface area contributed by atoms with Crippen LogP contribution in [0.5, 0.6) is 11.8 Å². The van der Waals surface area contributed by atoms with Crippen LogP contribution in [-0.2, 0) is 0 Å². The van der Waals surface area contributed by atoms with Gasteiger partial charge in [0.05, 0.1) is 10.9 Å². The third-order valence-corrected chi connectivity index (χ3v) is 7.62. The van der Waals surface area contributed by atoms with Gasteiger partial charge in [-0.1, -0.05) is 12.0 Å². The molecule has 0 radical (unpaired) electrons. The second-order valence-corrected chi connectivity index (χ2v) is 10.7. The van der Waals surface area contributed by atoms with E-state index in [1.807, 2.05) is 19.0 Å². The second-order valence-electron chi connectivity index (χ2n) is 10.7. The van der Waals surface area contributed by atoms with Crippen LogP contribution in [0, 0.1) is 36.3 Å². The van der Waals surface area contributed by atoms with Crippen LogP contribution in [0.25, 0.3) is 32.9 Å². The molecule has 0 amide bonds. The van der Waals surface area contributed by atoms with Crippen molar-refractivity contribution in [3.63, 3.8) is 0 Å². The molecule has 4 heterocycles. The van der Waals surface area contributed by atoms with Gasteiger partial charge >= 0.3 is 6.01 Å². The van der Waals surface area contributed by atoms with Crippen LogP contribution in [0.1, 0.15) is 24.1 Å². The Morgan fingerprint density at radius 2 is 1.83 bits per heavy atom. The third-order valence-electron chi connectivity index (χ3n) is 7.62. The van der Waals surface area contributed by atoms with E-state index in [4.69, 9.17) is 22.6 Å². The quantitative estimate of drug-likeness (QED) is 0.350. The van der Waals surface area contributed by atoms with E-state index in [9.17, 15) is 9.50 Å². The molecule has 41 heavy (non-hydrogen) atoms. The zero-order valence-electron chi connectivity index (χ0n) is 22.7. The Labute approximate surface area is 236 Å². The molecule has 6 rings (SSSR count). The minimum Gasteiger partial charge on any atom is -0.508 e. The zero-order chi connectivity index (χ0) is 28.8. The van der Waals surface area contributed by atoms with E-state index in [1.54, 1.807) is 0 Å². The number of aromatic nitrogens is 3. The number of phenolic OH excluding ortho intramolecular Hbond substituents is 1. The molecule has 2 aliphatic rings. The average Bonchev–Trinajstić information content (AvgIpc) is 3.29. The number of pyridine rings is 1. The number of anilines is 1. The van der Waals surface area contributed by atoms with Crippen molar-refractivity contribution in [1.82, 2.24) is 25.2 Å². The van der Waals surface area contributed by atoms with Gasteiger partial charge in [0.25, 0.3) is 0 Å². The van der Waals surface area contributed by atoms with Crippen LogP contribution in [-0.4, -0.2) is 77.4 Å². The van der Waals surface area contributed by atoms with Gasteiger partial charge in [-0.3, -0.25) is 0 Å². The predicted molar refractivity (Wildman–Crippen MR) is 154 cm³/mol. The Hall–Kier alpha value is -4.51. The molecule has 2 aromatic heterocycles. The number of likely N-dealkylation sites (N-methyl/N-ethyl adjacent to an activating group) is 1. The molecular weight excluding hydrogens is 526 g/mol. The van der Waals surface area contributed by atoms with Crippen molar-refractivity contribution in [2.24, 2.45) is 0 Å². The number of hydrogen-bond acceptors (Lipinski definition) is 8. The fourth-order valence-electron chi connectivity index (χ4n) is 5.75. The molecule has 0 spiro atoms. The number of halogens is 2. The van der Waals surface area contributed by atoms with Crippen LogP contribution < -0.4 is 15.0 Å². The van der Waals surface area contributed by atoms with E-state index >= 15 is 4.39 Å². The number of phenols is 1. The lowest BCUT2D eigenvalue weighted by Gasteiger charge is -2.34. The largest absolute Gasteiger partial charge is 0.508 e. The van der Waals surface area contributed by atoms with E-state index in [2.05, 4.69) is 32.0 Å². The molecule has 2 saturated heterocycles. The van der Waals surface area contributed by atoms with Crippen molar-refractivity contribution in [2.45, 2.75) is 24.9 Å². The van der Waals surface area contributed by atoms with Crippen molar-refractivity contribution < 1.29 is 18.6 Å². The van der Waals surface area contributed by atoms with Gasteiger partial charge in [0.15, 0.2) is 5.82 Å². The zero-order valence-corrected chi connectivity index (χ0v) is 22.7. The highest BCUT2D eigenvalue weighted by molar-refractivity contribution is 6.04. The maximum Gasteiger partial charge on any atom is 0.319 e. The van der Waals surface area contributed by atoms with E-state index in [0.29, 0.717) is 36.2 Å². The Morgan fingerprint density at radius 1 is 1.07 bits per heavy atom. The molecule has 208 valence electrons. The maximum absolute atomic E-state index is 16.7.